The molecule has 1 aliphatic rings. The van der Waals surface area contributed by atoms with Crippen LogP contribution in [0.4, 0.5) is 0 Å². The first kappa shape index (κ1) is 23.3. The Morgan fingerprint density at radius 1 is 0.800 bits per heavy atom. The molecule has 3 N–H and O–H groups in total. The Bertz CT molecular complexity index is 1260. The van der Waals surface area contributed by atoms with Crippen LogP contribution in [0, 0.1) is 0 Å². The third-order valence-corrected chi connectivity index (χ3v) is 7.01. The zero-order chi connectivity index (χ0) is 24.0. The molecule has 1 heterocycles. The van der Waals surface area contributed by atoms with Gasteiger partial charge in [0.1, 0.15) is 0 Å². The number of piperazine rings is 1. The molecule has 3 atom stereocenters. The maximum Gasteiger partial charge on any atom is 0.240 e. The van der Waals surface area contributed by atoms with Gasteiger partial charge in [-0.15, -0.1) is 0 Å². The zero-order valence-corrected chi connectivity index (χ0v) is 20.0. The Labute approximate surface area is 207 Å². The van der Waals surface area contributed by atoms with Gasteiger partial charge in [0.05, 0.1) is 6.04 Å². The molecule has 1 amide bonds. The minimum absolute atomic E-state index is 0.0415. The molecule has 1 aliphatic heterocycles. The molecule has 1 fully saturated rings. The molecule has 178 valence electrons. The summed E-state index contributed by atoms with van der Waals surface area (Å²) in [6.45, 7) is 1.42. The van der Waals surface area contributed by atoms with Crippen molar-refractivity contribution in [2.75, 3.05) is 13.1 Å². The molecule has 1 saturated heterocycles. The van der Waals surface area contributed by atoms with Gasteiger partial charge in [0.15, 0.2) is 0 Å². The van der Waals surface area contributed by atoms with Crippen LogP contribution in [0.25, 0.3) is 10.8 Å². The summed E-state index contributed by atoms with van der Waals surface area (Å²) in [5.74, 6) is 0.0415. The Kier molecular flexibility index (Phi) is 7.22. The molecule has 4 aromatic rings. The lowest BCUT2D eigenvalue weighted by molar-refractivity contribution is -0.136. The van der Waals surface area contributed by atoms with E-state index in [1.165, 1.54) is 21.9 Å². The van der Waals surface area contributed by atoms with Gasteiger partial charge in [0, 0.05) is 25.2 Å². The Morgan fingerprint density at radius 2 is 1.46 bits per heavy atom. The molecule has 0 saturated carbocycles. The summed E-state index contributed by atoms with van der Waals surface area (Å²) >= 11 is 0. The number of nitrogens with two attached hydrogens (primary N) is 1. The van der Waals surface area contributed by atoms with Crippen molar-refractivity contribution in [2.45, 2.75) is 37.4 Å². The molecule has 4 aromatic carbocycles. The lowest BCUT2D eigenvalue weighted by Gasteiger charge is -2.42. The van der Waals surface area contributed by atoms with Gasteiger partial charge in [0.2, 0.25) is 5.91 Å². The van der Waals surface area contributed by atoms with Gasteiger partial charge in [-0.2, -0.15) is 0 Å². The number of carbonyl (C=O) groups excluding carboxylic acids is 1. The highest BCUT2D eigenvalue weighted by atomic mass is 16.2. The number of fused-ring (bicyclic) bond motifs is 1. The summed E-state index contributed by atoms with van der Waals surface area (Å²) in [4.78, 5) is 15.7. The van der Waals surface area contributed by atoms with Gasteiger partial charge in [-0.1, -0.05) is 103 Å². The van der Waals surface area contributed by atoms with Gasteiger partial charge in [-0.3, -0.25) is 4.79 Å². The highest BCUT2D eigenvalue weighted by Crippen LogP contribution is 2.20. The first-order chi connectivity index (χ1) is 17.2. The minimum atomic E-state index is -0.546. The highest BCUT2D eigenvalue weighted by molar-refractivity contribution is 5.83. The molecular formula is C31H33N3O. The summed E-state index contributed by atoms with van der Waals surface area (Å²) < 4.78 is 0. The Balaban J connectivity index is 1.33. The predicted octanol–water partition coefficient (Wildman–Crippen LogP) is 4.36. The van der Waals surface area contributed by atoms with E-state index in [-0.39, 0.29) is 18.0 Å². The average Bonchev–Trinajstić information content (AvgIpc) is 2.90. The smallest absolute Gasteiger partial charge is 0.240 e. The van der Waals surface area contributed by atoms with Gasteiger partial charge in [0.25, 0.3) is 0 Å². The number of benzene rings is 4. The zero-order valence-electron chi connectivity index (χ0n) is 20.0. The van der Waals surface area contributed by atoms with Crippen LogP contribution in [0.1, 0.15) is 16.7 Å². The fourth-order valence-electron chi connectivity index (χ4n) is 5.16. The first-order valence-corrected chi connectivity index (χ1v) is 12.5. The number of rotatable bonds is 7. The molecule has 0 aliphatic carbocycles. The van der Waals surface area contributed by atoms with Crippen molar-refractivity contribution in [3.63, 3.8) is 0 Å². The van der Waals surface area contributed by atoms with Gasteiger partial charge in [-0.05, 0) is 46.7 Å². The van der Waals surface area contributed by atoms with Crippen molar-refractivity contribution in [1.29, 1.82) is 0 Å². The van der Waals surface area contributed by atoms with E-state index in [1.807, 2.05) is 41.3 Å². The van der Waals surface area contributed by atoms with Crippen LogP contribution in [0.15, 0.2) is 103 Å². The second-order valence-electron chi connectivity index (χ2n) is 9.62. The molecule has 0 bridgehead atoms. The van der Waals surface area contributed by atoms with E-state index in [1.54, 1.807) is 0 Å². The van der Waals surface area contributed by atoms with E-state index in [0.717, 1.165) is 24.9 Å². The van der Waals surface area contributed by atoms with E-state index in [2.05, 4.69) is 72.0 Å². The lowest BCUT2D eigenvalue weighted by Crippen LogP contribution is -2.62. The molecule has 0 aromatic heterocycles. The monoisotopic (exact) mass is 463 g/mol. The molecular weight excluding hydrogens is 430 g/mol. The topological polar surface area (TPSA) is 58.4 Å². The van der Waals surface area contributed by atoms with E-state index in [0.29, 0.717) is 13.0 Å². The third-order valence-electron chi connectivity index (χ3n) is 7.01. The maximum atomic E-state index is 13.6. The lowest BCUT2D eigenvalue weighted by atomic mass is 9.95. The number of amides is 1. The van der Waals surface area contributed by atoms with Crippen molar-refractivity contribution < 1.29 is 4.79 Å². The molecule has 4 nitrogen and oxygen atoms in total. The molecule has 0 spiro atoms. The molecule has 5 rings (SSSR count). The summed E-state index contributed by atoms with van der Waals surface area (Å²) in [5.41, 5.74) is 10.1. The van der Waals surface area contributed by atoms with Crippen LogP contribution >= 0.6 is 0 Å². The van der Waals surface area contributed by atoms with Crippen LogP contribution < -0.4 is 11.1 Å². The van der Waals surface area contributed by atoms with Crippen LogP contribution in [-0.2, 0) is 24.1 Å². The predicted molar refractivity (Wildman–Crippen MR) is 143 cm³/mol. The summed E-state index contributed by atoms with van der Waals surface area (Å²) in [7, 11) is 0. The number of nitrogens with one attached hydrogen (secondary N) is 1. The normalized spacial score (nSPS) is 18.9. The van der Waals surface area contributed by atoms with Crippen molar-refractivity contribution in [3.05, 3.63) is 120 Å². The van der Waals surface area contributed by atoms with Gasteiger partial charge in [-0.25, -0.2) is 0 Å². The second-order valence-corrected chi connectivity index (χ2v) is 9.62. The number of nitrogens with zero attached hydrogens (tertiary/aromatic N) is 1. The fraction of sp³-hybridized carbons (Fsp3) is 0.258. The van der Waals surface area contributed by atoms with Gasteiger partial charge >= 0.3 is 0 Å². The van der Waals surface area contributed by atoms with Crippen LogP contribution in [0.5, 0.6) is 0 Å². The second kappa shape index (κ2) is 10.9. The van der Waals surface area contributed by atoms with Crippen molar-refractivity contribution in [3.8, 4) is 0 Å². The molecule has 35 heavy (non-hydrogen) atoms. The molecule has 4 heteroatoms. The van der Waals surface area contributed by atoms with Crippen LogP contribution in [0.2, 0.25) is 0 Å². The van der Waals surface area contributed by atoms with Crippen molar-refractivity contribution in [2.24, 2.45) is 5.73 Å². The first-order valence-electron chi connectivity index (χ1n) is 12.5. The van der Waals surface area contributed by atoms with E-state index >= 15 is 0 Å². The average molecular weight is 464 g/mol. The maximum absolute atomic E-state index is 13.6. The van der Waals surface area contributed by atoms with Crippen molar-refractivity contribution >= 4 is 16.7 Å². The highest BCUT2D eigenvalue weighted by Gasteiger charge is 2.33. The fourth-order valence-corrected chi connectivity index (χ4v) is 5.16. The van der Waals surface area contributed by atoms with Gasteiger partial charge < -0.3 is 16.0 Å². The summed E-state index contributed by atoms with van der Waals surface area (Å²) in [6.07, 6.45) is 2.25. The Hall–Kier alpha value is -3.47. The standard InChI is InChI=1S/C31H33N3O/c32-30(20-24-11-5-2-6-12-24)31(35)34-22-28(33-21-29(34)19-23-9-3-1-4-10-23)18-25-15-16-26-13-7-8-14-27(26)17-25/h1-17,28-30,33H,18-22,32H2/t28-,29+,30-/m1/s1. The van der Waals surface area contributed by atoms with E-state index in [9.17, 15) is 4.79 Å². The molecule has 0 unspecified atom stereocenters. The van der Waals surface area contributed by atoms with Crippen molar-refractivity contribution in [1.82, 2.24) is 10.2 Å². The SMILES string of the molecule is N[C@H](Cc1ccccc1)C(=O)N1C[C@@H](Cc2ccc3ccccc3c2)NC[C@@H]1Cc1ccccc1. The number of hydrogen-bond acceptors (Lipinski definition) is 3. The van der Waals surface area contributed by atoms with Crippen LogP contribution in [-0.4, -0.2) is 42.0 Å². The molecule has 0 radical (unpaired) electrons. The Morgan fingerprint density at radius 3 is 2.20 bits per heavy atom. The number of carbonyl (C=O) groups is 1. The van der Waals surface area contributed by atoms with E-state index in [4.69, 9.17) is 5.73 Å². The van der Waals surface area contributed by atoms with Crippen LogP contribution in [0.3, 0.4) is 0 Å². The number of hydrogen-bond donors (Lipinski definition) is 2. The van der Waals surface area contributed by atoms with E-state index < -0.39 is 6.04 Å². The largest absolute Gasteiger partial charge is 0.335 e. The minimum Gasteiger partial charge on any atom is -0.335 e. The summed E-state index contributed by atoms with van der Waals surface area (Å²) in [5, 5.41) is 6.22. The quantitative estimate of drug-likeness (QED) is 0.428. The summed E-state index contributed by atoms with van der Waals surface area (Å²) in [6, 6.07) is 35.3. The third kappa shape index (κ3) is 5.79.